The van der Waals surface area contributed by atoms with Crippen LogP contribution in [0, 0.1) is 11.3 Å². The van der Waals surface area contributed by atoms with Crippen molar-refractivity contribution in [3.63, 3.8) is 0 Å². The highest BCUT2D eigenvalue weighted by Gasteiger charge is 2.41. The van der Waals surface area contributed by atoms with Crippen LogP contribution >= 0.6 is 0 Å². The van der Waals surface area contributed by atoms with Crippen molar-refractivity contribution in [3.8, 4) is 6.07 Å². The third kappa shape index (κ3) is 2.92. The summed E-state index contributed by atoms with van der Waals surface area (Å²) in [7, 11) is 0. The molecule has 1 atom stereocenters. The van der Waals surface area contributed by atoms with E-state index in [-0.39, 0.29) is 11.9 Å². The van der Waals surface area contributed by atoms with Gasteiger partial charge >= 0.3 is 0 Å². The first kappa shape index (κ1) is 13.3. The predicted octanol–water partition coefficient (Wildman–Crippen LogP) is 2.44. The van der Waals surface area contributed by atoms with Crippen molar-refractivity contribution in [1.29, 1.82) is 5.26 Å². The summed E-state index contributed by atoms with van der Waals surface area (Å²) in [4.78, 5) is 4.03. The maximum atomic E-state index is 8.70. The number of nitrogens with zero attached hydrogens (tertiary/aromatic N) is 2. The molecule has 1 spiro atoms. The van der Waals surface area contributed by atoms with E-state index < -0.39 is 0 Å². The molecule has 0 bridgehead atoms. The highest BCUT2D eigenvalue weighted by Crippen LogP contribution is 2.37. The molecule has 20 heavy (non-hydrogen) atoms. The second-order valence-electron chi connectivity index (χ2n) is 5.45. The van der Waals surface area contributed by atoms with E-state index in [2.05, 4.69) is 10.3 Å². The number of aromatic nitrogens is 1. The lowest BCUT2D eigenvalue weighted by Gasteiger charge is -2.31. The minimum Gasteiger partial charge on any atom is -0.381 e. The van der Waals surface area contributed by atoms with E-state index in [9.17, 15) is 0 Å². The Morgan fingerprint density at radius 3 is 2.90 bits per heavy atom. The van der Waals surface area contributed by atoms with Gasteiger partial charge in [-0.05, 0) is 25.0 Å². The van der Waals surface area contributed by atoms with Crippen molar-refractivity contribution < 1.29 is 9.47 Å². The molecule has 1 N–H and O–H groups in total. The van der Waals surface area contributed by atoms with E-state index in [1.807, 2.05) is 12.1 Å². The Morgan fingerprint density at radius 1 is 1.35 bits per heavy atom. The Kier molecular flexibility index (Phi) is 3.86. The monoisotopic (exact) mass is 273 g/mol. The number of ether oxygens (including phenoxy) is 2. The zero-order valence-electron chi connectivity index (χ0n) is 11.5. The molecule has 5 heteroatoms. The zero-order valence-corrected chi connectivity index (χ0v) is 11.5. The van der Waals surface area contributed by atoms with E-state index in [1.165, 1.54) is 19.3 Å². The molecule has 1 aliphatic carbocycles. The van der Waals surface area contributed by atoms with Gasteiger partial charge < -0.3 is 14.8 Å². The molecule has 1 saturated carbocycles. The average molecular weight is 273 g/mol. The van der Waals surface area contributed by atoms with Crippen LogP contribution in [0.25, 0.3) is 0 Å². The Labute approximate surface area is 118 Å². The van der Waals surface area contributed by atoms with Gasteiger partial charge in [0.25, 0.3) is 0 Å². The standard InChI is InChI=1S/C15H19N3O2/c16-8-12-4-5-13(9-17-12)18-10-14-11-19-15(20-14)6-2-1-3-7-15/h4-5,9,14,18H,1-3,6-7,10-11H2/t14-/m1/s1. The van der Waals surface area contributed by atoms with Crippen LogP contribution in [0.5, 0.6) is 0 Å². The molecule has 0 aromatic carbocycles. The van der Waals surface area contributed by atoms with Gasteiger partial charge in [0.15, 0.2) is 5.79 Å². The number of hydrogen-bond donors (Lipinski definition) is 1. The van der Waals surface area contributed by atoms with Crippen LogP contribution in [0.15, 0.2) is 18.3 Å². The van der Waals surface area contributed by atoms with E-state index >= 15 is 0 Å². The van der Waals surface area contributed by atoms with Gasteiger partial charge in [0, 0.05) is 19.4 Å². The summed E-state index contributed by atoms with van der Waals surface area (Å²) >= 11 is 0. The number of pyridine rings is 1. The lowest BCUT2D eigenvalue weighted by atomic mass is 9.94. The van der Waals surface area contributed by atoms with E-state index in [0.29, 0.717) is 18.8 Å². The summed E-state index contributed by atoms with van der Waals surface area (Å²) in [5.41, 5.74) is 1.33. The third-order valence-corrected chi connectivity index (χ3v) is 3.94. The summed E-state index contributed by atoms with van der Waals surface area (Å²) in [6, 6.07) is 5.57. The highest BCUT2D eigenvalue weighted by molar-refractivity contribution is 5.42. The van der Waals surface area contributed by atoms with Gasteiger partial charge in [0.05, 0.1) is 18.5 Å². The first-order valence-electron chi connectivity index (χ1n) is 7.21. The van der Waals surface area contributed by atoms with Crippen LogP contribution in [0.3, 0.4) is 0 Å². The molecule has 1 aromatic heterocycles. The molecular weight excluding hydrogens is 254 g/mol. The lowest BCUT2D eigenvalue weighted by molar-refractivity contribution is -0.185. The quantitative estimate of drug-likeness (QED) is 0.916. The van der Waals surface area contributed by atoms with Gasteiger partial charge in [0.1, 0.15) is 17.9 Å². The fourth-order valence-electron chi connectivity index (χ4n) is 2.87. The summed E-state index contributed by atoms with van der Waals surface area (Å²) < 4.78 is 12.0. The summed E-state index contributed by atoms with van der Waals surface area (Å²) in [6.07, 6.45) is 7.46. The van der Waals surface area contributed by atoms with Crippen LogP contribution in [0.2, 0.25) is 0 Å². The molecule has 0 amide bonds. The predicted molar refractivity (Wildman–Crippen MR) is 74.1 cm³/mol. The lowest BCUT2D eigenvalue weighted by Crippen LogP contribution is -2.34. The van der Waals surface area contributed by atoms with E-state index in [0.717, 1.165) is 18.5 Å². The fourth-order valence-corrected chi connectivity index (χ4v) is 2.87. The van der Waals surface area contributed by atoms with Crippen LogP contribution in [0.1, 0.15) is 37.8 Å². The molecule has 3 rings (SSSR count). The van der Waals surface area contributed by atoms with Gasteiger partial charge in [-0.3, -0.25) is 0 Å². The highest BCUT2D eigenvalue weighted by atomic mass is 16.7. The van der Waals surface area contributed by atoms with Gasteiger partial charge in [-0.2, -0.15) is 5.26 Å². The molecular formula is C15H19N3O2. The largest absolute Gasteiger partial charge is 0.381 e. The number of anilines is 1. The molecule has 0 radical (unpaired) electrons. The smallest absolute Gasteiger partial charge is 0.168 e. The first-order valence-corrected chi connectivity index (χ1v) is 7.21. The van der Waals surface area contributed by atoms with Crippen molar-refractivity contribution in [1.82, 2.24) is 4.98 Å². The van der Waals surface area contributed by atoms with Crippen LogP contribution in [-0.4, -0.2) is 30.0 Å². The zero-order chi connectivity index (χ0) is 13.8. The topological polar surface area (TPSA) is 67.2 Å². The van der Waals surface area contributed by atoms with Crippen LogP contribution in [0.4, 0.5) is 5.69 Å². The Morgan fingerprint density at radius 2 is 2.20 bits per heavy atom. The Hall–Kier alpha value is -1.64. The molecule has 2 aliphatic rings. The molecule has 0 unspecified atom stereocenters. The van der Waals surface area contributed by atoms with Gasteiger partial charge in [-0.1, -0.05) is 6.42 Å². The first-order chi connectivity index (χ1) is 9.80. The normalized spacial score (nSPS) is 24.4. The average Bonchev–Trinajstić information content (AvgIpc) is 2.89. The molecule has 106 valence electrons. The van der Waals surface area contributed by atoms with Crippen LogP contribution in [-0.2, 0) is 9.47 Å². The summed E-state index contributed by atoms with van der Waals surface area (Å²) in [5, 5.41) is 12.0. The van der Waals surface area contributed by atoms with Crippen molar-refractivity contribution in [2.24, 2.45) is 0 Å². The maximum absolute atomic E-state index is 8.70. The molecule has 1 aromatic rings. The second kappa shape index (κ2) is 5.78. The van der Waals surface area contributed by atoms with Crippen molar-refractivity contribution in [2.45, 2.75) is 44.0 Å². The minimum atomic E-state index is -0.312. The third-order valence-electron chi connectivity index (χ3n) is 3.94. The molecule has 1 aliphatic heterocycles. The number of hydrogen-bond acceptors (Lipinski definition) is 5. The number of nitrogens with one attached hydrogen (secondary N) is 1. The van der Waals surface area contributed by atoms with Gasteiger partial charge in [-0.25, -0.2) is 4.98 Å². The fraction of sp³-hybridized carbons (Fsp3) is 0.600. The summed E-state index contributed by atoms with van der Waals surface area (Å²) in [6.45, 7) is 1.35. The molecule has 2 fully saturated rings. The van der Waals surface area contributed by atoms with Crippen molar-refractivity contribution in [3.05, 3.63) is 24.0 Å². The Bertz CT molecular complexity index is 489. The second-order valence-corrected chi connectivity index (χ2v) is 5.45. The molecule has 1 saturated heterocycles. The van der Waals surface area contributed by atoms with Gasteiger partial charge in [0.2, 0.25) is 0 Å². The Balaban J connectivity index is 1.50. The molecule has 2 heterocycles. The molecule has 5 nitrogen and oxygen atoms in total. The van der Waals surface area contributed by atoms with E-state index in [1.54, 1.807) is 12.3 Å². The maximum Gasteiger partial charge on any atom is 0.168 e. The van der Waals surface area contributed by atoms with E-state index in [4.69, 9.17) is 14.7 Å². The van der Waals surface area contributed by atoms with Crippen LogP contribution < -0.4 is 5.32 Å². The summed E-state index contributed by atoms with van der Waals surface area (Å²) in [5.74, 6) is -0.312. The SMILES string of the molecule is N#Cc1ccc(NC[C@@H]2COC3(CCCCC3)O2)cn1. The van der Waals surface area contributed by atoms with Gasteiger partial charge in [-0.15, -0.1) is 0 Å². The minimum absolute atomic E-state index is 0.0868. The number of rotatable bonds is 3. The van der Waals surface area contributed by atoms with Crippen molar-refractivity contribution >= 4 is 5.69 Å². The van der Waals surface area contributed by atoms with Crippen molar-refractivity contribution in [2.75, 3.05) is 18.5 Å². The number of nitriles is 1.